The normalized spacial score (nSPS) is 13.0. The molecule has 1 atom stereocenters. The van der Waals surface area contributed by atoms with Crippen LogP contribution in [0.15, 0.2) is 83.8 Å². The van der Waals surface area contributed by atoms with Gasteiger partial charge in [-0.25, -0.2) is 9.59 Å². The first kappa shape index (κ1) is 36.6. The van der Waals surface area contributed by atoms with Crippen LogP contribution in [-0.4, -0.2) is 53.0 Å². The number of hydrogen-bond donors (Lipinski definition) is 3. The largest absolute Gasteiger partial charge is 0.465 e. The van der Waals surface area contributed by atoms with Crippen molar-refractivity contribution in [3.8, 4) is 0 Å². The number of esters is 1. The molecule has 2 heterocycles. The summed E-state index contributed by atoms with van der Waals surface area (Å²) < 4.78 is 10.7. The van der Waals surface area contributed by atoms with Gasteiger partial charge >= 0.3 is 12.1 Å². The lowest BCUT2D eigenvalue weighted by molar-refractivity contribution is -0.115. The predicted octanol–water partition coefficient (Wildman–Crippen LogP) is 8.31. The molecule has 1 aromatic heterocycles. The van der Waals surface area contributed by atoms with E-state index in [9.17, 15) is 19.2 Å². The smallest absolute Gasteiger partial charge is 0.410 e. The van der Waals surface area contributed by atoms with Crippen LogP contribution >= 0.6 is 35.3 Å². The number of hydrogen-bond acceptors (Lipinski definition) is 9. The third-order valence-electron chi connectivity index (χ3n) is 7.57. The van der Waals surface area contributed by atoms with E-state index in [1.807, 2.05) is 75.4 Å². The molecule has 0 fully saturated rings. The van der Waals surface area contributed by atoms with Crippen molar-refractivity contribution < 1.29 is 28.7 Å². The number of Topliss-reactive ketones (excluding diaryl/α,β-unsaturated/α-hetero) is 1. The molecule has 1 aliphatic heterocycles. The van der Waals surface area contributed by atoms with Crippen LogP contribution in [0.3, 0.4) is 0 Å². The highest BCUT2D eigenvalue weighted by atomic mass is 32.2. The van der Waals surface area contributed by atoms with E-state index in [1.165, 1.54) is 37.1 Å². The lowest BCUT2D eigenvalue weighted by Gasteiger charge is -2.30. The number of benzene rings is 3. The van der Waals surface area contributed by atoms with E-state index >= 15 is 0 Å². The van der Waals surface area contributed by atoms with Crippen molar-refractivity contribution in [1.82, 2.24) is 4.90 Å². The zero-order valence-corrected chi connectivity index (χ0v) is 30.8. The van der Waals surface area contributed by atoms with E-state index in [2.05, 4.69) is 16.0 Å². The minimum Gasteiger partial charge on any atom is -0.465 e. The van der Waals surface area contributed by atoms with E-state index in [4.69, 9.17) is 21.7 Å². The molecule has 0 spiro atoms. The Labute approximate surface area is 304 Å². The van der Waals surface area contributed by atoms with Crippen molar-refractivity contribution in [2.75, 3.05) is 29.6 Å². The summed E-state index contributed by atoms with van der Waals surface area (Å²) in [6.45, 7) is 7.58. The SMILES string of the molecule is COC(=O)c1c(NC(=O)C(Sc2cccc(NC(=S)Nc3ccc(C(C)=O)cc3)c2)c2ccccc2)sc2c1CCN(C(=O)OC(C)(C)C)C2. The number of thioether (sulfide) groups is 1. The maximum Gasteiger partial charge on any atom is 0.410 e. The van der Waals surface area contributed by atoms with Crippen molar-refractivity contribution in [3.63, 3.8) is 0 Å². The Hall–Kier alpha value is -4.72. The molecule has 2 amide bonds. The molecule has 4 aromatic rings. The zero-order chi connectivity index (χ0) is 36.0. The quantitative estimate of drug-likeness (QED) is 0.0670. The molecule has 260 valence electrons. The monoisotopic (exact) mass is 730 g/mol. The summed E-state index contributed by atoms with van der Waals surface area (Å²) in [6, 6.07) is 24.0. The number of fused-ring (bicyclic) bond motifs is 1. The Kier molecular flexibility index (Phi) is 11.6. The van der Waals surface area contributed by atoms with Gasteiger partial charge in [0.1, 0.15) is 15.9 Å². The minimum atomic E-state index is -0.681. The topological polar surface area (TPSA) is 126 Å². The molecule has 0 aliphatic carbocycles. The number of nitrogens with one attached hydrogen (secondary N) is 3. The van der Waals surface area contributed by atoms with Gasteiger partial charge in [-0.3, -0.25) is 9.59 Å². The highest BCUT2D eigenvalue weighted by Crippen LogP contribution is 2.41. The molecule has 0 radical (unpaired) electrons. The van der Waals surface area contributed by atoms with Crippen LogP contribution in [0.2, 0.25) is 0 Å². The van der Waals surface area contributed by atoms with Crippen molar-refractivity contribution >= 4 is 80.6 Å². The lowest BCUT2D eigenvalue weighted by atomic mass is 10.0. The van der Waals surface area contributed by atoms with Gasteiger partial charge in [-0.1, -0.05) is 36.4 Å². The van der Waals surface area contributed by atoms with Gasteiger partial charge in [-0.05, 0) is 99.9 Å². The second kappa shape index (κ2) is 15.9. The van der Waals surface area contributed by atoms with Gasteiger partial charge in [-0.15, -0.1) is 23.1 Å². The van der Waals surface area contributed by atoms with Gasteiger partial charge in [0.05, 0.1) is 19.2 Å². The highest BCUT2D eigenvalue weighted by Gasteiger charge is 2.33. The van der Waals surface area contributed by atoms with Crippen LogP contribution in [0.1, 0.15) is 69.7 Å². The Morgan fingerprint density at radius 2 is 1.62 bits per heavy atom. The standard InChI is InChI=1S/C37H38N4O6S3/c1-22(42)23-14-16-25(17-15-23)38-35(48)39-26-12-9-13-27(20-26)49-31(24-10-7-6-8-11-24)32(43)40-33-30(34(44)46-5)28-18-19-41(21-29(28)50-33)36(45)47-37(2,3)4/h6-17,20,31H,18-19,21H2,1-5H3,(H,40,43)(H2,38,39,48). The molecule has 1 aliphatic rings. The van der Waals surface area contributed by atoms with Gasteiger partial charge in [-0.2, -0.15) is 0 Å². The van der Waals surface area contributed by atoms with Gasteiger partial charge in [0.25, 0.3) is 0 Å². The molecule has 0 bridgehead atoms. The molecule has 50 heavy (non-hydrogen) atoms. The molecular formula is C37H38N4O6S3. The molecule has 3 aromatic carbocycles. The van der Waals surface area contributed by atoms with E-state index in [1.54, 1.807) is 29.2 Å². The molecule has 0 saturated heterocycles. The first-order chi connectivity index (χ1) is 23.8. The Bertz CT molecular complexity index is 1900. The molecule has 5 rings (SSSR count). The van der Waals surface area contributed by atoms with Crippen molar-refractivity contribution in [2.45, 2.75) is 56.4 Å². The fraction of sp³-hybridized carbons (Fsp3) is 0.270. The number of ketones is 1. The summed E-state index contributed by atoms with van der Waals surface area (Å²) in [5, 5.41) is 9.38. The summed E-state index contributed by atoms with van der Waals surface area (Å²) in [4.78, 5) is 54.8. The van der Waals surface area contributed by atoms with Crippen LogP contribution in [-0.2, 0) is 27.2 Å². The number of carbonyl (C=O) groups is 4. The summed E-state index contributed by atoms with van der Waals surface area (Å²) >= 11 is 8.14. The number of methoxy groups -OCH3 is 1. The summed E-state index contributed by atoms with van der Waals surface area (Å²) in [5.41, 5.74) is 3.27. The molecule has 10 nitrogen and oxygen atoms in total. The van der Waals surface area contributed by atoms with E-state index in [0.717, 1.165) is 26.6 Å². The van der Waals surface area contributed by atoms with Crippen molar-refractivity contribution in [1.29, 1.82) is 0 Å². The third kappa shape index (κ3) is 9.29. The van der Waals surface area contributed by atoms with E-state index in [0.29, 0.717) is 39.9 Å². The van der Waals surface area contributed by atoms with Crippen LogP contribution in [0.5, 0.6) is 0 Å². The fourth-order valence-corrected chi connectivity index (χ4v) is 7.81. The first-order valence-corrected chi connectivity index (χ1v) is 17.9. The Morgan fingerprint density at radius 3 is 2.28 bits per heavy atom. The lowest BCUT2D eigenvalue weighted by Crippen LogP contribution is -2.39. The maximum absolute atomic E-state index is 14.1. The number of rotatable bonds is 9. The zero-order valence-electron chi connectivity index (χ0n) is 28.3. The number of amides is 2. The van der Waals surface area contributed by atoms with Crippen molar-refractivity contribution in [2.24, 2.45) is 0 Å². The van der Waals surface area contributed by atoms with E-state index < -0.39 is 22.9 Å². The molecule has 13 heteroatoms. The summed E-state index contributed by atoms with van der Waals surface area (Å²) in [5.74, 6) is -0.886. The maximum atomic E-state index is 14.1. The van der Waals surface area contributed by atoms with Gasteiger partial charge in [0.2, 0.25) is 5.91 Å². The number of thiophene rings is 1. The minimum absolute atomic E-state index is 0.0147. The van der Waals surface area contributed by atoms with Gasteiger partial charge in [0, 0.05) is 33.3 Å². The molecule has 3 N–H and O–H groups in total. The number of thiocarbonyl (C=S) groups is 1. The van der Waals surface area contributed by atoms with Crippen LogP contribution in [0.4, 0.5) is 21.2 Å². The Morgan fingerprint density at radius 1 is 0.920 bits per heavy atom. The molecule has 0 saturated carbocycles. The third-order valence-corrected chi connectivity index (χ3v) is 10.2. The van der Waals surface area contributed by atoms with Crippen LogP contribution < -0.4 is 16.0 Å². The second-order valence-corrected chi connectivity index (χ2v) is 15.2. The predicted molar refractivity (Wildman–Crippen MR) is 202 cm³/mol. The highest BCUT2D eigenvalue weighted by molar-refractivity contribution is 8.00. The van der Waals surface area contributed by atoms with Crippen LogP contribution in [0, 0.1) is 0 Å². The number of anilines is 3. The van der Waals surface area contributed by atoms with E-state index in [-0.39, 0.29) is 18.2 Å². The Balaban J connectivity index is 1.35. The van der Waals surface area contributed by atoms with Gasteiger partial charge < -0.3 is 30.3 Å². The molecule has 1 unspecified atom stereocenters. The van der Waals surface area contributed by atoms with Gasteiger partial charge in [0.15, 0.2) is 10.9 Å². The average molecular weight is 731 g/mol. The van der Waals surface area contributed by atoms with Crippen molar-refractivity contribution in [3.05, 3.63) is 106 Å². The number of carbonyl (C=O) groups excluding carboxylic acids is 4. The fourth-order valence-electron chi connectivity index (χ4n) is 5.24. The first-order valence-electron chi connectivity index (χ1n) is 15.8. The summed E-state index contributed by atoms with van der Waals surface area (Å²) in [6.07, 6.45) is -0.0125. The molecular weight excluding hydrogens is 693 g/mol. The second-order valence-electron chi connectivity index (χ2n) is 12.5. The van der Waals surface area contributed by atoms with Crippen LogP contribution in [0.25, 0.3) is 0 Å². The average Bonchev–Trinajstić information content (AvgIpc) is 3.43. The summed E-state index contributed by atoms with van der Waals surface area (Å²) in [7, 11) is 1.31. The number of ether oxygens (including phenoxy) is 2. The number of nitrogens with zero attached hydrogens (tertiary/aromatic N) is 1.